The maximum atomic E-state index is 12.4. The summed E-state index contributed by atoms with van der Waals surface area (Å²) in [5.74, 6) is 0.461. The van der Waals surface area contributed by atoms with Gasteiger partial charge in [0.2, 0.25) is 0 Å². The maximum absolute atomic E-state index is 12.4. The van der Waals surface area contributed by atoms with Crippen molar-refractivity contribution in [2.45, 2.75) is 58.3 Å². The zero-order valence-electron chi connectivity index (χ0n) is 19.8. The molecule has 5 heteroatoms. The van der Waals surface area contributed by atoms with E-state index in [2.05, 4.69) is 86.8 Å². The Balaban J connectivity index is 1.76. The summed E-state index contributed by atoms with van der Waals surface area (Å²) in [5.41, 5.74) is 2.74. The third kappa shape index (κ3) is 3.99. The molecule has 3 heterocycles. The lowest BCUT2D eigenvalue weighted by Crippen LogP contribution is -2.63. The number of hydrogen-bond acceptors (Lipinski definition) is 5. The molecule has 0 bridgehead atoms. The van der Waals surface area contributed by atoms with Gasteiger partial charge in [0.05, 0.1) is 24.1 Å². The van der Waals surface area contributed by atoms with E-state index in [1.807, 2.05) is 12.4 Å². The average molecular weight is 424 g/mol. The molecule has 1 aromatic carbocycles. The van der Waals surface area contributed by atoms with Crippen molar-refractivity contribution in [1.29, 1.82) is 0 Å². The average Bonchev–Trinajstić information content (AvgIpc) is 2.71. The molecular formula is C26H37N3O2. The first-order chi connectivity index (χ1) is 14.6. The topological polar surface area (TPSA) is 48.8 Å². The van der Waals surface area contributed by atoms with Crippen molar-refractivity contribution >= 4 is 5.69 Å². The first-order valence-electron chi connectivity index (χ1n) is 11.5. The minimum absolute atomic E-state index is 0.174. The fraction of sp³-hybridized carbons (Fsp3) is 0.577. The predicted molar refractivity (Wildman–Crippen MR) is 126 cm³/mol. The number of likely N-dealkylation sites (tertiary alicyclic amines) is 1. The van der Waals surface area contributed by atoms with E-state index in [-0.39, 0.29) is 17.6 Å². The Morgan fingerprint density at radius 1 is 1.06 bits per heavy atom. The van der Waals surface area contributed by atoms with Crippen LogP contribution in [-0.2, 0) is 10.3 Å². The summed E-state index contributed by atoms with van der Waals surface area (Å²) in [7, 11) is 2.11. The predicted octanol–water partition coefficient (Wildman–Crippen LogP) is 4.01. The summed E-state index contributed by atoms with van der Waals surface area (Å²) in [6.07, 6.45) is 4.10. The number of benzene rings is 1. The van der Waals surface area contributed by atoms with E-state index in [1.54, 1.807) is 0 Å². The number of aromatic nitrogens is 1. The number of nitrogens with zero attached hydrogens (tertiary/aromatic N) is 3. The van der Waals surface area contributed by atoms with Crippen LogP contribution in [-0.4, -0.2) is 60.4 Å². The molecule has 2 aliphatic heterocycles. The number of hydrogen-bond donors (Lipinski definition) is 1. The molecule has 168 valence electrons. The van der Waals surface area contributed by atoms with Gasteiger partial charge >= 0.3 is 0 Å². The van der Waals surface area contributed by atoms with Gasteiger partial charge in [0.1, 0.15) is 5.60 Å². The highest BCUT2D eigenvalue weighted by molar-refractivity contribution is 5.51. The molecule has 0 spiro atoms. The molecule has 2 aliphatic rings. The number of ether oxygens (including phenoxy) is 1. The van der Waals surface area contributed by atoms with E-state index in [4.69, 9.17) is 4.74 Å². The molecule has 1 aromatic heterocycles. The molecule has 2 fully saturated rings. The van der Waals surface area contributed by atoms with Gasteiger partial charge in [-0.15, -0.1) is 0 Å². The Morgan fingerprint density at radius 2 is 1.68 bits per heavy atom. The van der Waals surface area contributed by atoms with E-state index in [0.29, 0.717) is 5.92 Å². The van der Waals surface area contributed by atoms with Gasteiger partial charge < -0.3 is 19.6 Å². The number of aliphatic hydroxyl groups is 1. The van der Waals surface area contributed by atoms with Crippen molar-refractivity contribution < 1.29 is 9.84 Å². The summed E-state index contributed by atoms with van der Waals surface area (Å²) in [5, 5.41) is 12.4. The molecule has 0 saturated carbocycles. The van der Waals surface area contributed by atoms with Gasteiger partial charge in [-0.05, 0) is 44.0 Å². The molecule has 5 nitrogen and oxygen atoms in total. The first kappa shape index (κ1) is 22.3. The Morgan fingerprint density at radius 3 is 2.23 bits per heavy atom. The number of morpholine rings is 1. The van der Waals surface area contributed by atoms with Crippen LogP contribution in [0.4, 0.5) is 5.69 Å². The summed E-state index contributed by atoms with van der Waals surface area (Å²) in [6, 6.07) is 10.6. The van der Waals surface area contributed by atoms with E-state index in [0.717, 1.165) is 43.0 Å². The Kier molecular flexibility index (Phi) is 5.88. The summed E-state index contributed by atoms with van der Waals surface area (Å²) in [4.78, 5) is 9.17. The first-order valence-corrected chi connectivity index (χ1v) is 11.5. The third-order valence-corrected chi connectivity index (χ3v) is 7.03. The summed E-state index contributed by atoms with van der Waals surface area (Å²) < 4.78 is 5.91. The second-order valence-electron chi connectivity index (χ2n) is 10.3. The van der Waals surface area contributed by atoms with Crippen molar-refractivity contribution in [3.63, 3.8) is 0 Å². The molecular weight excluding hydrogens is 386 g/mol. The van der Waals surface area contributed by atoms with Crippen LogP contribution in [0.3, 0.4) is 0 Å². The van der Waals surface area contributed by atoms with Crippen molar-refractivity contribution in [2.24, 2.45) is 5.41 Å². The quantitative estimate of drug-likeness (QED) is 0.788. The monoisotopic (exact) mass is 423 g/mol. The third-order valence-electron chi connectivity index (χ3n) is 7.03. The van der Waals surface area contributed by atoms with Gasteiger partial charge in [-0.2, -0.15) is 0 Å². The molecule has 0 radical (unpaired) electrons. The van der Waals surface area contributed by atoms with E-state index >= 15 is 0 Å². The standard InChI is InChI=1S/C26H37N3O2/c1-18(2)21-7-9-22(10-8-21)26(30,25(5)16-28(6)17-25)23-11-24(13-27-12-23)29-14-19(3)31-20(4)15-29/h7-13,18-20,30H,14-17H2,1-6H3/t19-,20+,26-/m0/s1. The molecule has 1 N–H and O–H groups in total. The second-order valence-corrected chi connectivity index (χ2v) is 10.3. The molecule has 0 aliphatic carbocycles. The Labute approximate surface area is 187 Å². The lowest BCUT2D eigenvalue weighted by Gasteiger charge is -2.56. The van der Waals surface area contributed by atoms with Gasteiger partial charge in [0, 0.05) is 43.4 Å². The van der Waals surface area contributed by atoms with Crippen molar-refractivity contribution in [2.75, 3.05) is 38.1 Å². The highest BCUT2D eigenvalue weighted by Crippen LogP contribution is 2.50. The zero-order chi connectivity index (χ0) is 22.4. The van der Waals surface area contributed by atoms with E-state index in [1.165, 1.54) is 5.56 Å². The van der Waals surface area contributed by atoms with Gasteiger partial charge in [0.25, 0.3) is 0 Å². The number of pyridine rings is 1. The maximum Gasteiger partial charge on any atom is 0.124 e. The lowest BCUT2D eigenvalue weighted by molar-refractivity contribution is -0.127. The highest BCUT2D eigenvalue weighted by Gasteiger charge is 2.55. The summed E-state index contributed by atoms with van der Waals surface area (Å²) >= 11 is 0. The number of rotatable bonds is 5. The highest BCUT2D eigenvalue weighted by atomic mass is 16.5. The van der Waals surface area contributed by atoms with Crippen LogP contribution in [0.25, 0.3) is 0 Å². The van der Waals surface area contributed by atoms with E-state index < -0.39 is 5.60 Å². The van der Waals surface area contributed by atoms with Crippen molar-refractivity contribution in [3.8, 4) is 0 Å². The molecule has 4 rings (SSSR count). The molecule has 2 aromatic rings. The SMILES string of the molecule is CC(C)c1ccc([C@](O)(c2cncc(N3C[C@@H](C)O[C@@H](C)C3)c2)C2(C)CN(C)C2)cc1. The van der Waals surface area contributed by atoms with Gasteiger partial charge in [0.15, 0.2) is 0 Å². The molecule has 31 heavy (non-hydrogen) atoms. The van der Waals surface area contributed by atoms with Crippen LogP contribution >= 0.6 is 0 Å². The van der Waals surface area contributed by atoms with Gasteiger partial charge in [-0.3, -0.25) is 4.98 Å². The second kappa shape index (κ2) is 8.19. The molecule has 2 saturated heterocycles. The minimum atomic E-state index is -1.11. The zero-order valence-corrected chi connectivity index (χ0v) is 19.8. The van der Waals surface area contributed by atoms with Crippen LogP contribution in [0, 0.1) is 5.41 Å². The minimum Gasteiger partial charge on any atom is -0.380 e. The van der Waals surface area contributed by atoms with Crippen LogP contribution in [0.15, 0.2) is 42.7 Å². The lowest BCUT2D eigenvalue weighted by atomic mass is 9.62. The van der Waals surface area contributed by atoms with Crippen LogP contribution < -0.4 is 4.90 Å². The smallest absolute Gasteiger partial charge is 0.124 e. The normalized spacial score (nSPS) is 25.9. The van der Waals surface area contributed by atoms with Gasteiger partial charge in [-0.1, -0.05) is 45.0 Å². The van der Waals surface area contributed by atoms with Crippen LogP contribution in [0.1, 0.15) is 57.2 Å². The fourth-order valence-electron chi connectivity index (χ4n) is 5.53. The van der Waals surface area contributed by atoms with Crippen molar-refractivity contribution in [1.82, 2.24) is 9.88 Å². The molecule has 3 atom stereocenters. The van der Waals surface area contributed by atoms with Crippen LogP contribution in [0.2, 0.25) is 0 Å². The molecule has 0 unspecified atom stereocenters. The summed E-state index contributed by atoms with van der Waals surface area (Å²) in [6.45, 7) is 14.1. The van der Waals surface area contributed by atoms with Crippen molar-refractivity contribution in [3.05, 3.63) is 59.4 Å². The fourth-order valence-corrected chi connectivity index (χ4v) is 5.53. The Bertz CT molecular complexity index is 897. The number of anilines is 1. The molecule has 0 amide bonds. The van der Waals surface area contributed by atoms with E-state index in [9.17, 15) is 5.11 Å². The van der Waals surface area contributed by atoms with Gasteiger partial charge in [-0.25, -0.2) is 0 Å². The Hall–Kier alpha value is -1.95. The van der Waals surface area contributed by atoms with Crippen LogP contribution in [0.5, 0.6) is 0 Å². The largest absolute Gasteiger partial charge is 0.380 e.